The topological polar surface area (TPSA) is 52.6 Å². The maximum atomic E-state index is 12.2. The molecule has 0 spiro atoms. The van der Waals surface area contributed by atoms with E-state index in [4.69, 9.17) is 9.47 Å². The van der Waals surface area contributed by atoms with E-state index in [-0.39, 0.29) is 23.0 Å². The second-order valence-corrected chi connectivity index (χ2v) is 10.3. The Morgan fingerprint density at radius 3 is 1.46 bits per heavy atom. The van der Waals surface area contributed by atoms with Crippen LogP contribution < -0.4 is 0 Å². The Morgan fingerprint density at radius 2 is 1.14 bits per heavy atom. The second kappa shape index (κ2) is 9.45. The van der Waals surface area contributed by atoms with Crippen molar-refractivity contribution in [3.8, 4) is 0 Å². The van der Waals surface area contributed by atoms with E-state index in [1.54, 1.807) is 0 Å². The summed E-state index contributed by atoms with van der Waals surface area (Å²) in [5.74, 6) is 0.245. The van der Waals surface area contributed by atoms with E-state index in [2.05, 4.69) is 41.5 Å². The normalized spacial score (nSPS) is 34.0. The molecule has 2 aliphatic rings. The monoisotopic (exact) mass is 392 g/mol. The molecule has 28 heavy (non-hydrogen) atoms. The zero-order valence-corrected chi connectivity index (χ0v) is 18.8. The van der Waals surface area contributed by atoms with Crippen LogP contribution in [-0.4, -0.2) is 24.1 Å². The summed E-state index contributed by atoms with van der Waals surface area (Å²) in [4.78, 5) is 24.3. The molecule has 0 aromatic rings. The molecule has 160 valence electrons. The molecule has 0 N–H and O–H groups in total. The summed E-state index contributed by atoms with van der Waals surface area (Å²) >= 11 is 0. The van der Waals surface area contributed by atoms with Gasteiger partial charge in [-0.3, -0.25) is 0 Å². The van der Waals surface area contributed by atoms with Crippen molar-refractivity contribution in [2.75, 3.05) is 0 Å². The molecule has 4 nitrogen and oxygen atoms in total. The van der Waals surface area contributed by atoms with E-state index < -0.39 is 11.9 Å². The Balaban J connectivity index is 1.81. The zero-order valence-electron chi connectivity index (χ0n) is 18.8. The van der Waals surface area contributed by atoms with Crippen LogP contribution in [0.2, 0.25) is 0 Å². The van der Waals surface area contributed by atoms with E-state index in [0.717, 1.165) is 38.5 Å². The van der Waals surface area contributed by atoms with Crippen LogP contribution in [0.3, 0.4) is 0 Å². The van der Waals surface area contributed by atoms with Gasteiger partial charge >= 0.3 is 11.9 Å². The van der Waals surface area contributed by atoms with E-state index in [1.807, 2.05) is 0 Å². The van der Waals surface area contributed by atoms with Gasteiger partial charge in [0.25, 0.3) is 0 Å². The number of hydrogen-bond acceptors (Lipinski definition) is 4. The molecule has 2 rings (SSSR count). The number of hydrogen-bond donors (Lipinski definition) is 0. The van der Waals surface area contributed by atoms with Crippen molar-refractivity contribution in [2.45, 2.75) is 105 Å². The predicted molar refractivity (Wildman–Crippen MR) is 112 cm³/mol. The fraction of sp³-hybridized carbons (Fsp3) is 0.833. The highest BCUT2D eigenvalue weighted by molar-refractivity contribution is 5.91. The Morgan fingerprint density at radius 1 is 0.786 bits per heavy atom. The lowest BCUT2D eigenvalue weighted by Crippen LogP contribution is -2.35. The van der Waals surface area contributed by atoms with Crippen molar-refractivity contribution in [3.05, 3.63) is 12.2 Å². The summed E-state index contributed by atoms with van der Waals surface area (Å²) in [7, 11) is 0. The summed E-state index contributed by atoms with van der Waals surface area (Å²) in [6.45, 7) is 13.5. The average molecular weight is 393 g/mol. The first-order valence-electron chi connectivity index (χ1n) is 11.1. The molecule has 0 aromatic carbocycles. The van der Waals surface area contributed by atoms with Crippen LogP contribution in [0.5, 0.6) is 0 Å². The Bertz CT molecular complexity index is 529. The quantitative estimate of drug-likeness (QED) is 0.421. The lowest BCUT2D eigenvalue weighted by molar-refractivity contribution is -0.150. The van der Waals surface area contributed by atoms with Gasteiger partial charge in [0.15, 0.2) is 0 Å². The first-order valence-corrected chi connectivity index (χ1v) is 11.1. The van der Waals surface area contributed by atoms with E-state index in [1.165, 1.54) is 25.0 Å². The van der Waals surface area contributed by atoms with Gasteiger partial charge in [-0.2, -0.15) is 0 Å². The summed E-state index contributed by atoms with van der Waals surface area (Å²) in [6.07, 6.45) is 10.5. The molecule has 0 aliphatic heterocycles. The smallest absolute Gasteiger partial charge is 0.331 e. The number of ether oxygens (including phenoxy) is 2. The molecule has 0 amide bonds. The minimum absolute atomic E-state index is 0.0561. The number of rotatable bonds is 6. The lowest BCUT2D eigenvalue weighted by Gasteiger charge is -2.41. The predicted octanol–water partition coefficient (Wildman–Crippen LogP) is 5.84. The van der Waals surface area contributed by atoms with E-state index in [0.29, 0.717) is 11.8 Å². The third-order valence-corrected chi connectivity index (χ3v) is 7.64. The van der Waals surface area contributed by atoms with Gasteiger partial charge in [-0.15, -0.1) is 0 Å². The van der Waals surface area contributed by atoms with Crippen molar-refractivity contribution < 1.29 is 19.1 Å². The van der Waals surface area contributed by atoms with Gasteiger partial charge in [0.1, 0.15) is 12.2 Å². The highest BCUT2D eigenvalue weighted by Gasteiger charge is 2.37. The molecule has 0 saturated heterocycles. The van der Waals surface area contributed by atoms with Gasteiger partial charge < -0.3 is 9.47 Å². The van der Waals surface area contributed by atoms with Crippen LogP contribution in [0.4, 0.5) is 0 Å². The van der Waals surface area contributed by atoms with Crippen LogP contribution in [0.25, 0.3) is 0 Å². The maximum absolute atomic E-state index is 12.2. The van der Waals surface area contributed by atoms with Gasteiger partial charge in [0, 0.05) is 12.2 Å². The Kier molecular flexibility index (Phi) is 7.75. The molecule has 0 aromatic heterocycles. The SMILES string of the molecule is CC(C)C1(C)CCCC(OC(=O)C=CC(=O)OC2CCCC(C)(C(C)C)C2)C1. The van der Waals surface area contributed by atoms with Crippen molar-refractivity contribution in [2.24, 2.45) is 22.7 Å². The lowest BCUT2D eigenvalue weighted by atomic mass is 9.67. The number of carbonyl (C=O) groups excluding carboxylic acids is 2. The molecule has 4 atom stereocenters. The van der Waals surface area contributed by atoms with Crippen molar-refractivity contribution >= 4 is 11.9 Å². The summed E-state index contributed by atoms with van der Waals surface area (Å²) in [5.41, 5.74) is 0.436. The standard InChI is InChI=1S/C24H40O4/c1-17(2)23(5)13-7-9-19(15-23)27-21(25)11-12-22(26)28-20-10-8-14-24(6,16-20)18(3)4/h11-12,17-20H,7-10,13-16H2,1-6H3. The average Bonchev–Trinajstić information content (AvgIpc) is 2.60. The van der Waals surface area contributed by atoms with Gasteiger partial charge in [-0.05, 0) is 74.0 Å². The molecular weight excluding hydrogens is 352 g/mol. The van der Waals surface area contributed by atoms with Crippen LogP contribution >= 0.6 is 0 Å². The summed E-state index contributed by atoms with van der Waals surface area (Å²) < 4.78 is 11.2. The first kappa shape index (κ1) is 23.0. The van der Waals surface area contributed by atoms with Gasteiger partial charge in [0.05, 0.1) is 0 Å². The summed E-state index contributed by atoms with van der Waals surface area (Å²) in [6, 6.07) is 0. The second-order valence-electron chi connectivity index (χ2n) is 10.3. The molecule has 0 heterocycles. The highest BCUT2D eigenvalue weighted by Crippen LogP contribution is 2.43. The van der Waals surface area contributed by atoms with Gasteiger partial charge in [-0.25, -0.2) is 9.59 Å². The van der Waals surface area contributed by atoms with Crippen molar-refractivity contribution in [1.82, 2.24) is 0 Å². The third kappa shape index (κ3) is 6.09. The van der Waals surface area contributed by atoms with E-state index in [9.17, 15) is 9.59 Å². The largest absolute Gasteiger partial charge is 0.459 e. The molecule has 2 saturated carbocycles. The third-order valence-electron chi connectivity index (χ3n) is 7.64. The zero-order chi connectivity index (χ0) is 20.9. The number of esters is 2. The minimum atomic E-state index is -0.439. The Labute approximate surface area is 171 Å². The molecule has 4 unspecified atom stereocenters. The Hall–Kier alpha value is -1.32. The van der Waals surface area contributed by atoms with Crippen LogP contribution in [-0.2, 0) is 19.1 Å². The molecule has 2 fully saturated rings. The number of carbonyl (C=O) groups is 2. The fourth-order valence-corrected chi connectivity index (χ4v) is 4.71. The molecule has 0 bridgehead atoms. The van der Waals surface area contributed by atoms with Crippen LogP contribution in [0.1, 0.15) is 92.9 Å². The first-order chi connectivity index (χ1) is 13.0. The van der Waals surface area contributed by atoms with Gasteiger partial charge in [-0.1, -0.05) is 41.5 Å². The molecule has 4 heteroatoms. The van der Waals surface area contributed by atoms with Crippen molar-refractivity contribution in [3.63, 3.8) is 0 Å². The molecular formula is C24H40O4. The minimum Gasteiger partial charge on any atom is -0.459 e. The molecule has 0 radical (unpaired) electrons. The summed E-state index contributed by atoms with van der Waals surface area (Å²) in [5, 5.41) is 0. The molecule has 2 aliphatic carbocycles. The van der Waals surface area contributed by atoms with Crippen molar-refractivity contribution in [1.29, 1.82) is 0 Å². The maximum Gasteiger partial charge on any atom is 0.331 e. The van der Waals surface area contributed by atoms with Crippen LogP contribution in [0.15, 0.2) is 12.2 Å². The fourth-order valence-electron chi connectivity index (χ4n) is 4.71. The van der Waals surface area contributed by atoms with Crippen LogP contribution in [0, 0.1) is 22.7 Å². The van der Waals surface area contributed by atoms with Gasteiger partial charge in [0.2, 0.25) is 0 Å². The highest BCUT2D eigenvalue weighted by atomic mass is 16.5. The van der Waals surface area contributed by atoms with E-state index >= 15 is 0 Å².